The van der Waals surface area contributed by atoms with Crippen molar-refractivity contribution in [1.29, 1.82) is 0 Å². The monoisotopic (exact) mass is 507 g/mol. The minimum absolute atomic E-state index is 0.00801. The number of oxime groups is 1. The average Bonchev–Trinajstić information content (AvgIpc) is 3.52. The van der Waals surface area contributed by atoms with E-state index in [2.05, 4.69) is 15.5 Å². The number of hydrogen-bond donors (Lipinski definition) is 2. The number of carbonyl (C=O) groups excluding carboxylic acids is 4. The maximum atomic E-state index is 12.8. The fraction of sp³-hybridized carbons (Fsp3) is 0.263. The number of β-lactam (4-membered cyclic amide) rings is 1. The number of esters is 2. The Bertz CT molecular complexity index is 1180. The Morgan fingerprint density at radius 1 is 1.35 bits per heavy atom. The van der Waals surface area contributed by atoms with Gasteiger partial charge in [0, 0.05) is 11.1 Å². The first-order valence-electron chi connectivity index (χ1n) is 9.56. The summed E-state index contributed by atoms with van der Waals surface area (Å²) in [6, 6.07) is 1.99. The molecule has 0 aromatic carbocycles. The summed E-state index contributed by atoms with van der Waals surface area (Å²) in [4.78, 5) is 59.6. The van der Waals surface area contributed by atoms with Crippen LogP contribution in [-0.4, -0.2) is 70.4 Å². The quantitative estimate of drug-likeness (QED) is 0.165. The lowest BCUT2D eigenvalue weighted by molar-refractivity contribution is -0.157. The SMILES string of the molecule is CO/N=C(\C(=O)N[C@@H]1C(=O)N2C(C(=O)OCOC(=O)c3ccco3)=CCS[C@H]12)c1csc(N)n1. The van der Waals surface area contributed by atoms with Gasteiger partial charge in [-0.05, 0) is 18.2 Å². The zero-order valence-corrected chi connectivity index (χ0v) is 19.1. The number of nitrogens with zero attached hydrogens (tertiary/aromatic N) is 3. The number of fused-ring (bicyclic) bond motifs is 1. The Morgan fingerprint density at radius 2 is 2.15 bits per heavy atom. The highest BCUT2D eigenvalue weighted by molar-refractivity contribution is 8.00. The summed E-state index contributed by atoms with van der Waals surface area (Å²) in [5, 5.41) is 7.51. The Morgan fingerprint density at radius 3 is 2.82 bits per heavy atom. The Hall–Kier alpha value is -3.85. The molecule has 13 nitrogen and oxygen atoms in total. The van der Waals surface area contributed by atoms with Crippen LogP contribution in [0.15, 0.2) is 45.1 Å². The van der Waals surface area contributed by atoms with Crippen LogP contribution in [0, 0.1) is 0 Å². The van der Waals surface area contributed by atoms with Crippen LogP contribution in [-0.2, 0) is 28.7 Å². The van der Waals surface area contributed by atoms with Crippen LogP contribution < -0.4 is 11.1 Å². The molecule has 2 aromatic heterocycles. The lowest BCUT2D eigenvalue weighted by atomic mass is 10.0. The Balaban J connectivity index is 1.35. The first-order chi connectivity index (χ1) is 16.4. The molecule has 0 radical (unpaired) electrons. The molecule has 1 fully saturated rings. The fourth-order valence-corrected chi connectivity index (χ4v) is 4.85. The van der Waals surface area contributed by atoms with Crippen molar-refractivity contribution in [2.75, 3.05) is 25.4 Å². The number of furan rings is 1. The van der Waals surface area contributed by atoms with E-state index < -0.39 is 42.0 Å². The summed E-state index contributed by atoms with van der Waals surface area (Å²) < 4.78 is 14.7. The number of amides is 2. The number of thioether (sulfide) groups is 1. The van der Waals surface area contributed by atoms with E-state index in [1.54, 1.807) is 0 Å². The molecule has 1 saturated heterocycles. The van der Waals surface area contributed by atoms with Crippen molar-refractivity contribution in [1.82, 2.24) is 15.2 Å². The number of nitrogens with one attached hydrogen (secondary N) is 1. The van der Waals surface area contributed by atoms with Gasteiger partial charge < -0.3 is 29.8 Å². The van der Waals surface area contributed by atoms with Crippen molar-refractivity contribution in [2.45, 2.75) is 11.4 Å². The van der Waals surface area contributed by atoms with E-state index in [0.717, 1.165) is 11.3 Å². The molecule has 15 heteroatoms. The molecule has 0 bridgehead atoms. The van der Waals surface area contributed by atoms with Crippen LogP contribution in [0.2, 0.25) is 0 Å². The van der Waals surface area contributed by atoms with Gasteiger partial charge in [-0.15, -0.1) is 23.1 Å². The summed E-state index contributed by atoms with van der Waals surface area (Å²) in [7, 11) is 1.27. The van der Waals surface area contributed by atoms with Crippen LogP contribution >= 0.6 is 23.1 Å². The number of thiazole rings is 1. The molecule has 178 valence electrons. The van der Waals surface area contributed by atoms with Crippen molar-refractivity contribution in [2.24, 2.45) is 5.16 Å². The highest BCUT2D eigenvalue weighted by Gasteiger charge is 2.53. The highest BCUT2D eigenvalue weighted by atomic mass is 32.2. The molecule has 2 atom stereocenters. The molecular weight excluding hydrogens is 490 g/mol. The third kappa shape index (κ3) is 4.60. The average molecular weight is 508 g/mol. The van der Waals surface area contributed by atoms with E-state index >= 15 is 0 Å². The largest absolute Gasteiger partial charge is 0.457 e. The predicted octanol–water partition coefficient (Wildman–Crippen LogP) is 0.310. The van der Waals surface area contributed by atoms with Crippen LogP contribution in [0.25, 0.3) is 0 Å². The first kappa shape index (κ1) is 23.3. The van der Waals surface area contributed by atoms with E-state index in [0.29, 0.717) is 5.75 Å². The minimum atomic E-state index is -0.913. The first-order valence-corrected chi connectivity index (χ1v) is 11.5. The van der Waals surface area contributed by atoms with Crippen molar-refractivity contribution in [3.63, 3.8) is 0 Å². The lowest BCUT2D eigenvalue weighted by Gasteiger charge is -2.48. The molecular formula is C19H17N5O8S2. The molecule has 4 rings (SSSR count). The second-order valence-corrected chi connectivity index (χ2v) is 8.66. The molecule has 2 aromatic rings. The summed E-state index contributed by atoms with van der Waals surface area (Å²) in [6.45, 7) is -0.663. The minimum Gasteiger partial charge on any atom is -0.457 e. The maximum Gasteiger partial charge on any atom is 0.377 e. The van der Waals surface area contributed by atoms with Gasteiger partial charge >= 0.3 is 11.9 Å². The molecule has 2 aliphatic heterocycles. The molecule has 3 N–H and O–H groups in total. The van der Waals surface area contributed by atoms with Crippen LogP contribution in [0.1, 0.15) is 16.2 Å². The van der Waals surface area contributed by atoms with Gasteiger partial charge in [0.2, 0.25) is 12.6 Å². The van der Waals surface area contributed by atoms with E-state index in [9.17, 15) is 19.2 Å². The molecule has 0 unspecified atom stereocenters. The molecule has 0 saturated carbocycles. The normalized spacial score (nSPS) is 19.4. The third-order valence-electron chi connectivity index (χ3n) is 4.61. The van der Waals surface area contributed by atoms with Gasteiger partial charge in [-0.3, -0.25) is 14.5 Å². The van der Waals surface area contributed by atoms with Crippen molar-refractivity contribution in [3.05, 3.63) is 47.0 Å². The van der Waals surface area contributed by atoms with Gasteiger partial charge in [-0.1, -0.05) is 5.16 Å². The van der Waals surface area contributed by atoms with Gasteiger partial charge in [0.05, 0.1) is 6.26 Å². The zero-order valence-electron chi connectivity index (χ0n) is 17.5. The molecule has 0 spiro atoms. The van der Waals surface area contributed by atoms with Crippen LogP contribution in [0.5, 0.6) is 0 Å². The van der Waals surface area contributed by atoms with Crippen molar-refractivity contribution >= 4 is 57.7 Å². The topological polar surface area (TPSA) is 176 Å². The van der Waals surface area contributed by atoms with Crippen molar-refractivity contribution in [3.8, 4) is 0 Å². The fourth-order valence-electron chi connectivity index (χ4n) is 3.11. The smallest absolute Gasteiger partial charge is 0.377 e. The van der Waals surface area contributed by atoms with E-state index in [4.69, 9.17) is 24.5 Å². The number of carbonyl (C=O) groups is 4. The second kappa shape index (κ2) is 9.96. The molecule has 4 heterocycles. The van der Waals surface area contributed by atoms with Gasteiger partial charge in [0.25, 0.3) is 11.8 Å². The van der Waals surface area contributed by atoms with Gasteiger partial charge in [-0.25, -0.2) is 14.6 Å². The number of nitrogen functional groups attached to an aromatic ring is 1. The van der Waals surface area contributed by atoms with Crippen LogP contribution in [0.4, 0.5) is 5.13 Å². The van der Waals surface area contributed by atoms with E-state index in [1.807, 2.05) is 0 Å². The van der Waals surface area contributed by atoms with Crippen molar-refractivity contribution < 1.29 is 37.9 Å². The summed E-state index contributed by atoms with van der Waals surface area (Å²) in [5.41, 5.74) is 5.67. The van der Waals surface area contributed by atoms with Gasteiger partial charge in [0.15, 0.2) is 10.8 Å². The Kier molecular flexibility index (Phi) is 6.83. The van der Waals surface area contributed by atoms with E-state index in [-0.39, 0.29) is 28.0 Å². The zero-order chi connectivity index (χ0) is 24.2. The lowest BCUT2D eigenvalue weighted by Crippen LogP contribution is -2.70. The second-order valence-electron chi connectivity index (χ2n) is 6.62. The number of rotatable bonds is 8. The van der Waals surface area contributed by atoms with Crippen LogP contribution in [0.3, 0.4) is 0 Å². The number of anilines is 1. The molecule has 0 aliphatic carbocycles. The third-order valence-corrected chi connectivity index (χ3v) is 6.46. The standard InChI is InChI=1S/C19H17N5O8S2/c1-29-23-12(9-7-34-19(20)21-9)14(25)22-13-15(26)24-10(4-6-33-16(13)24)17(27)31-8-32-18(28)11-3-2-5-30-11/h2-5,7,13,16H,6,8H2,1H3,(H2,20,21)(H,22,25)/b23-12-/t13-,16-/m1/s1. The van der Waals surface area contributed by atoms with Gasteiger partial charge in [0.1, 0.15) is 29.9 Å². The van der Waals surface area contributed by atoms with E-state index in [1.165, 1.54) is 53.6 Å². The molecule has 2 amide bonds. The maximum absolute atomic E-state index is 12.8. The predicted molar refractivity (Wildman–Crippen MR) is 118 cm³/mol. The molecule has 34 heavy (non-hydrogen) atoms. The Labute approximate surface area is 199 Å². The highest BCUT2D eigenvalue weighted by Crippen LogP contribution is 2.37. The molecule has 2 aliphatic rings. The van der Waals surface area contributed by atoms with Gasteiger partial charge in [-0.2, -0.15) is 0 Å². The number of aromatic nitrogens is 1. The summed E-state index contributed by atoms with van der Waals surface area (Å²) in [6.07, 6.45) is 2.82. The summed E-state index contributed by atoms with van der Waals surface area (Å²) in [5.74, 6) is -2.51. The number of hydrogen-bond acceptors (Lipinski definition) is 13. The summed E-state index contributed by atoms with van der Waals surface area (Å²) >= 11 is 2.46. The number of ether oxygens (including phenoxy) is 2. The number of nitrogens with two attached hydrogens (primary N) is 1.